The first-order chi connectivity index (χ1) is 10.7. The van der Waals surface area contributed by atoms with Gasteiger partial charge in [-0.2, -0.15) is 0 Å². The average Bonchev–Trinajstić information content (AvgIpc) is 3.20. The first-order valence-corrected chi connectivity index (χ1v) is 9.15. The van der Waals surface area contributed by atoms with Crippen molar-refractivity contribution in [3.05, 3.63) is 49.0 Å². The molecule has 5 heteroatoms. The highest BCUT2D eigenvalue weighted by atomic mass is 32.1. The van der Waals surface area contributed by atoms with Crippen LogP contribution in [0.1, 0.15) is 34.5 Å². The minimum Gasteiger partial charge on any atom is -0.292 e. The van der Waals surface area contributed by atoms with Gasteiger partial charge in [0.1, 0.15) is 10.7 Å². The summed E-state index contributed by atoms with van der Waals surface area (Å²) in [6.07, 6.45) is 4.04. The number of aryl methyl sites for hydroxylation is 2. The summed E-state index contributed by atoms with van der Waals surface area (Å²) in [6, 6.07) is 4.14. The predicted molar refractivity (Wildman–Crippen MR) is 94.8 cm³/mol. The van der Waals surface area contributed by atoms with Crippen molar-refractivity contribution in [2.24, 2.45) is 0 Å². The van der Waals surface area contributed by atoms with Gasteiger partial charge in [-0.25, -0.2) is 4.98 Å². The molecule has 0 aromatic carbocycles. The van der Waals surface area contributed by atoms with E-state index in [1.165, 1.54) is 20.9 Å². The van der Waals surface area contributed by atoms with E-state index in [0.717, 1.165) is 35.4 Å². The highest BCUT2D eigenvalue weighted by molar-refractivity contribution is 7.18. The van der Waals surface area contributed by atoms with Gasteiger partial charge in [0.2, 0.25) is 0 Å². The fraction of sp³-hybridized carbons (Fsp3) is 0.294. The van der Waals surface area contributed by atoms with Crippen LogP contribution in [0.5, 0.6) is 0 Å². The Bertz CT molecular complexity index is 959. The molecule has 22 heavy (non-hydrogen) atoms. The topological polar surface area (TPSA) is 34.9 Å². The number of hydrogen-bond acceptors (Lipinski definition) is 4. The van der Waals surface area contributed by atoms with Crippen LogP contribution in [0.4, 0.5) is 0 Å². The SMILES string of the molecule is CCc1cc2c(=O)n3c(nc2s1)/C(=C/c1sccc1C)CC3. The second kappa shape index (κ2) is 5.18. The molecule has 0 aliphatic carbocycles. The van der Waals surface area contributed by atoms with Gasteiger partial charge in [-0.05, 0) is 54.5 Å². The maximum absolute atomic E-state index is 12.7. The Morgan fingerprint density at radius 3 is 3.05 bits per heavy atom. The lowest BCUT2D eigenvalue weighted by atomic mass is 10.1. The van der Waals surface area contributed by atoms with Gasteiger partial charge >= 0.3 is 0 Å². The molecule has 1 aliphatic rings. The molecule has 0 amide bonds. The van der Waals surface area contributed by atoms with Crippen LogP contribution in [0.15, 0.2) is 22.3 Å². The van der Waals surface area contributed by atoms with E-state index in [4.69, 9.17) is 4.98 Å². The molecule has 0 saturated carbocycles. The molecule has 4 heterocycles. The zero-order valence-electron chi connectivity index (χ0n) is 12.5. The molecule has 3 aromatic heterocycles. The number of hydrogen-bond donors (Lipinski definition) is 0. The number of allylic oxidation sites excluding steroid dienone is 1. The van der Waals surface area contributed by atoms with Gasteiger partial charge in [0.15, 0.2) is 0 Å². The van der Waals surface area contributed by atoms with Crippen LogP contribution in [0, 0.1) is 6.92 Å². The third kappa shape index (κ3) is 2.08. The summed E-state index contributed by atoms with van der Waals surface area (Å²) >= 11 is 3.38. The molecule has 0 N–H and O–H groups in total. The molecule has 3 nitrogen and oxygen atoms in total. The smallest absolute Gasteiger partial charge is 0.262 e. The minimum absolute atomic E-state index is 0.113. The Hall–Kier alpha value is -1.72. The zero-order valence-corrected chi connectivity index (χ0v) is 14.2. The first-order valence-electron chi connectivity index (χ1n) is 7.45. The zero-order chi connectivity index (χ0) is 15.3. The van der Waals surface area contributed by atoms with E-state index >= 15 is 0 Å². The van der Waals surface area contributed by atoms with Crippen LogP contribution in [0.2, 0.25) is 0 Å². The largest absolute Gasteiger partial charge is 0.292 e. The van der Waals surface area contributed by atoms with Crippen molar-refractivity contribution in [3.8, 4) is 0 Å². The van der Waals surface area contributed by atoms with Crippen molar-refractivity contribution in [2.75, 3.05) is 0 Å². The van der Waals surface area contributed by atoms with Crippen molar-refractivity contribution < 1.29 is 0 Å². The van der Waals surface area contributed by atoms with E-state index in [-0.39, 0.29) is 5.56 Å². The summed E-state index contributed by atoms with van der Waals surface area (Å²) in [7, 11) is 0. The Kier molecular flexibility index (Phi) is 3.27. The fourth-order valence-electron chi connectivity index (χ4n) is 2.86. The third-order valence-corrected chi connectivity index (χ3v) is 6.29. The van der Waals surface area contributed by atoms with Crippen LogP contribution >= 0.6 is 22.7 Å². The van der Waals surface area contributed by atoms with Crippen molar-refractivity contribution >= 4 is 44.5 Å². The standard InChI is InChI=1S/C17H16N2OS2/c1-3-12-9-13-16(22-12)18-15-11(4-6-19(15)17(13)20)8-14-10(2)5-7-21-14/h5,7-9H,3-4,6H2,1-2H3/b11-8+. The quantitative estimate of drug-likeness (QED) is 0.701. The molecular weight excluding hydrogens is 312 g/mol. The van der Waals surface area contributed by atoms with Crippen molar-refractivity contribution in [3.63, 3.8) is 0 Å². The lowest BCUT2D eigenvalue weighted by Gasteiger charge is -2.02. The molecule has 0 bridgehead atoms. The van der Waals surface area contributed by atoms with E-state index in [0.29, 0.717) is 0 Å². The number of rotatable bonds is 2. The highest BCUT2D eigenvalue weighted by Crippen LogP contribution is 2.31. The summed E-state index contributed by atoms with van der Waals surface area (Å²) in [5, 5.41) is 2.88. The second-order valence-electron chi connectivity index (χ2n) is 5.56. The van der Waals surface area contributed by atoms with Crippen LogP contribution in [-0.2, 0) is 13.0 Å². The van der Waals surface area contributed by atoms with Crippen LogP contribution in [-0.4, -0.2) is 9.55 Å². The molecule has 0 spiro atoms. The van der Waals surface area contributed by atoms with Gasteiger partial charge in [0.05, 0.1) is 5.39 Å². The molecular formula is C17H16N2OS2. The maximum Gasteiger partial charge on any atom is 0.262 e. The van der Waals surface area contributed by atoms with Gasteiger partial charge in [-0.3, -0.25) is 9.36 Å². The lowest BCUT2D eigenvalue weighted by Crippen LogP contribution is -2.19. The van der Waals surface area contributed by atoms with Gasteiger partial charge in [-0.15, -0.1) is 22.7 Å². The third-order valence-electron chi connectivity index (χ3n) is 4.15. The van der Waals surface area contributed by atoms with Crippen LogP contribution < -0.4 is 5.56 Å². The first kappa shape index (κ1) is 13.9. The molecule has 0 fully saturated rings. The van der Waals surface area contributed by atoms with Crippen LogP contribution in [0.25, 0.3) is 21.9 Å². The average molecular weight is 328 g/mol. The van der Waals surface area contributed by atoms with Crippen molar-refractivity contribution in [1.82, 2.24) is 9.55 Å². The Morgan fingerprint density at radius 2 is 2.32 bits per heavy atom. The summed E-state index contributed by atoms with van der Waals surface area (Å²) in [5.74, 6) is 0.856. The van der Waals surface area contributed by atoms with E-state index in [9.17, 15) is 4.79 Å². The van der Waals surface area contributed by atoms with Gasteiger partial charge in [0, 0.05) is 16.3 Å². The number of aromatic nitrogens is 2. The summed E-state index contributed by atoms with van der Waals surface area (Å²) in [6.45, 7) is 4.97. The molecule has 112 valence electrons. The summed E-state index contributed by atoms with van der Waals surface area (Å²) in [4.78, 5) is 20.8. The predicted octanol–water partition coefficient (Wildman–Crippen LogP) is 4.33. The normalized spacial score (nSPS) is 15.8. The minimum atomic E-state index is 0.113. The number of nitrogens with zero attached hydrogens (tertiary/aromatic N) is 2. The number of fused-ring (bicyclic) bond motifs is 2. The number of thiophene rings is 2. The second-order valence-corrected chi connectivity index (χ2v) is 7.63. The molecule has 0 radical (unpaired) electrons. The van der Waals surface area contributed by atoms with Gasteiger partial charge in [0.25, 0.3) is 5.56 Å². The van der Waals surface area contributed by atoms with Gasteiger partial charge in [-0.1, -0.05) is 6.92 Å². The van der Waals surface area contributed by atoms with Crippen molar-refractivity contribution in [2.45, 2.75) is 33.2 Å². The Balaban J connectivity index is 1.91. The fourth-order valence-corrected chi connectivity index (χ4v) is 4.70. The van der Waals surface area contributed by atoms with Gasteiger partial charge < -0.3 is 0 Å². The van der Waals surface area contributed by atoms with E-state index in [1.807, 2.05) is 10.6 Å². The highest BCUT2D eigenvalue weighted by Gasteiger charge is 2.22. The monoisotopic (exact) mass is 328 g/mol. The van der Waals surface area contributed by atoms with Crippen LogP contribution in [0.3, 0.4) is 0 Å². The van der Waals surface area contributed by atoms with E-state index < -0.39 is 0 Å². The molecule has 0 unspecified atom stereocenters. The molecule has 1 aliphatic heterocycles. The Labute approximate surface area is 136 Å². The molecule has 4 rings (SSSR count). The Morgan fingerprint density at radius 1 is 1.45 bits per heavy atom. The summed E-state index contributed by atoms with van der Waals surface area (Å²) in [5.41, 5.74) is 2.57. The molecule has 0 saturated heterocycles. The summed E-state index contributed by atoms with van der Waals surface area (Å²) < 4.78 is 1.84. The van der Waals surface area contributed by atoms with E-state index in [1.54, 1.807) is 22.7 Å². The lowest BCUT2D eigenvalue weighted by molar-refractivity contribution is 0.726. The molecule has 0 atom stereocenters. The van der Waals surface area contributed by atoms with E-state index in [2.05, 4.69) is 31.4 Å². The van der Waals surface area contributed by atoms with Crippen molar-refractivity contribution in [1.29, 1.82) is 0 Å². The maximum atomic E-state index is 12.7. The molecule has 3 aromatic rings.